The quantitative estimate of drug-likeness (QED) is 0.682. The molecule has 0 spiro atoms. The zero-order valence-electron chi connectivity index (χ0n) is 9.78. The van der Waals surface area contributed by atoms with Crippen molar-refractivity contribution in [1.82, 2.24) is 4.98 Å². The van der Waals surface area contributed by atoms with Gasteiger partial charge in [-0.05, 0) is 47.7 Å². The van der Waals surface area contributed by atoms with Crippen LogP contribution < -0.4 is 0 Å². The van der Waals surface area contributed by atoms with Gasteiger partial charge in [0, 0.05) is 17.1 Å². The first-order valence-electron chi connectivity index (χ1n) is 5.98. The highest BCUT2D eigenvalue weighted by Crippen LogP contribution is 2.33. The van der Waals surface area contributed by atoms with E-state index in [1.807, 2.05) is 18.3 Å². The normalized spacial score (nSPS) is 18.1. The minimum atomic E-state index is 0.362. The van der Waals surface area contributed by atoms with Crippen LogP contribution in [0.25, 0.3) is 0 Å². The van der Waals surface area contributed by atoms with Crippen LogP contribution in [0.15, 0.2) is 36.5 Å². The second-order valence-electron chi connectivity index (χ2n) is 4.61. The molecule has 2 heteroatoms. The number of hydrogen-bond acceptors (Lipinski definition) is 1. The van der Waals surface area contributed by atoms with Crippen LogP contribution in [0.5, 0.6) is 0 Å². The van der Waals surface area contributed by atoms with Crippen LogP contribution in [0.2, 0.25) is 5.02 Å². The lowest BCUT2D eigenvalue weighted by Crippen LogP contribution is -2.01. The van der Waals surface area contributed by atoms with E-state index in [0.29, 0.717) is 5.92 Å². The number of aryl methyl sites for hydroxylation is 2. The van der Waals surface area contributed by atoms with Crippen molar-refractivity contribution in [3.05, 3.63) is 63.9 Å². The summed E-state index contributed by atoms with van der Waals surface area (Å²) in [5.41, 5.74) is 5.32. The topological polar surface area (TPSA) is 12.9 Å². The van der Waals surface area contributed by atoms with Gasteiger partial charge in [0.15, 0.2) is 0 Å². The third-order valence-electron chi connectivity index (χ3n) is 3.57. The van der Waals surface area contributed by atoms with E-state index in [1.54, 1.807) is 0 Å². The van der Waals surface area contributed by atoms with Crippen molar-refractivity contribution in [1.29, 1.82) is 0 Å². The predicted octanol–water partition coefficient (Wildman–Crippen LogP) is 3.99. The minimum absolute atomic E-state index is 0.362. The lowest BCUT2D eigenvalue weighted by Gasteiger charge is -2.14. The molecule has 0 fully saturated rings. The third-order valence-corrected chi connectivity index (χ3v) is 3.81. The SMILES string of the molecule is CC1c2ccc(Cl)cc2CCc2cccnc21. The molecule has 0 bridgehead atoms. The van der Waals surface area contributed by atoms with Crippen molar-refractivity contribution in [2.45, 2.75) is 25.7 Å². The molecule has 1 aliphatic rings. The molecule has 1 aromatic carbocycles. The van der Waals surface area contributed by atoms with Crippen LogP contribution in [0.4, 0.5) is 0 Å². The van der Waals surface area contributed by atoms with Crippen molar-refractivity contribution in [3.8, 4) is 0 Å². The molecule has 3 rings (SSSR count). The lowest BCUT2D eigenvalue weighted by molar-refractivity contribution is 0.860. The molecule has 0 saturated heterocycles. The van der Waals surface area contributed by atoms with Crippen LogP contribution >= 0.6 is 11.6 Å². The Balaban J connectivity index is 2.16. The third kappa shape index (κ3) is 1.85. The van der Waals surface area contributed by atoms with Gasteiger partial charge in [-0.1, -0.05) is 30.7 Å². The van der Waals surface area contributed by atoms with E-state index >= 15 is 0 Å². The smallest absolute Gasteiger partial charge is 0.0507 e. The first kappa shape index (κ1) is 10.8. The summed E-state index contributed by atoms with van der Waals surface area (Å²) in [6.45, 7) is 2.23. The Kier molecular flexibility index (Phi) is 2.64. The fraction of sp³-hybridized carbons (Fsp3) is 0.267. The summed E-state index contributed by atoms with van der Waals surface area (Å²) >= 11 is 6.07. The van der Waals surface area contributed by atoms with Crippen LogP contribution in [-0.2, 0) is 12.8 Å². The van der Waals surface area contributed by atoms with Crippen LogP contribution in [0.1, 0.15) is 35.2 Å². The number of benzene rings is 1. The van der Waals surface area contributed by atoms with Gasteiger partial charge in [-0.15, -0.1) is 0 Å². The first-order chi connectivity index (χ1) is 8.25. The summed E-state index contributed by atoms with van der Waals surface area (Å²) in [5.74, 6) is 0.362. The first-order valence-corrected chi connectivity index (χ1v) is 6.35. The molecule has 0 N–H and O–H groups in total. The molecule has 86 valence electrons. The van der Waals surface area contributed by atoms with Crippen LogP contribution in [0, 0.1) is 0 Å². The van der Waals surface area contributed by atoms with E-state index in [1.165, 1.54) is 22.4 Å². The number of aromatic nitrogens is 1. The number of fused-ring (bicyclic) bond motifs is 2. The Bertz CT molecular complexity index is 563. The van der Waals surface area contributed by atoms with Crippen LogP contribution in [-0.4, -0.2) is 4.98 Å². The Hall–Kier alpha value is -1.34. The molecule has 1 nitrogen and oxygen atoms in total. The molecule has 0 aliphatic heterocycles. The zero-order valence-corrected chi connectivity index (χ0v) is 10.5. The van der Waals surface area contributed by atoms with Gasteiger partial charge >= 0.3 is 0 Å². The van der Waals surface area contributed by atoms with Gasteiger partial charge in [-0.2, -0.15) is 0 Å². The Morgan fingerprint density at radius 1 is 1.18 bits per heavy atom. The summed E-state index contributed by atoms with van der Waals surface area (Å²) in [5, 5.41) is 0.829. The highest BCUT2D eigenvalue weighted by Gasteiger charge is 2.20. The van der Waals surface area contributed by atoms with Gasteiger partial charge in [0.05, 0.1) is 5.69 Å². The molecular weight excluding hydrogens is 230 g/mol. The molecule has 1 heterocycles. The molecule has 17 heavy (non-hydrogen) atoms. The molecule has 1 aliphatic carbocycles. The van der Waals surface area contributed by atoms with E-state index in [2.05, 4.69) is 30.1 Å². The second-order valence-corrected chi connectivity index (χ2v) is 5.05. The van der Waals surface area contributed by atoms with Gasteiger partial charge in [-0.25, -0.2) is 0 Å². The molecule has 1 aromatic heterocycles. The van der Waals surface area contributed by atoms with E-state index in [9.17, 15) is 0 Å². The summed E-state index contributed by atoms with van der Waals surface area (Å²) in [4.78, 5) is 4.55. The number of nitrogens with zero attached hydrogens (tertiary/aromatic N) is 1. The monoisotopic (exact) mass is 243 g/mol. The maximum atomic E-state index is 6.07. The van der Waals surface area contributed by atoms with Gasteiger partial charge in [-0.3, -0.25) is 4.98 Å². The fourth-order valence-corrected chi connectivity index (χ4v) is 2.88. The Labute approximate surface area is 106 Å². The average Bonchev–Trinajstić information content (AvgIpc) is 2.48. The molecule has 1 unspecified atom stereocenters. The molecule has 2 aromatic rings. The summed E-state index contributed by atoms with van der Waals surface area (Å²) in [7, 11) is 0. The van der Waals surface area contributed by atoms with Gasteiger partial charge in [0.1, 0.15) is 0 Å². The number of rotatable bonds is 0. The number of halogens is 1. The highest BCUT2D eigenvalue weighted by atomic mass is 35.5. The van der Waals surface area contributed by atoms with E-state index < -0.39 is 0 Å². The molecule has 1 atom stereocenters. The van der Waals surface area contributed by atoms with Gasteiger partial charge in [0.2, 0.25) is 0 Å². The number of pyridine rings is 1. The predicted molar refractivity (Wildman–Crippen MR) is 70.6 cm³/mol. The molecule has 0 radical (unpaired) electrons. The van der Waals surface area contributed by atoms with E-state index in [0.717, 1.165) is 17.9 Å². The van der Waals surface area contributed by atoms with Gasteiger partial charge < -0.3 is 0 Å². The lowest BCUT2D eigenvalue weighted by atomic mass is 9.93. The molecular formula is C15H14ClN. The maximum absolute atomic E-state index is 6.07. The van der Waals surface area contributed by atoms with E-state index in [4.69, 9.17) is 11.6 Å². The highest BCUT2D eigenvalue weighted by molar-refractivity contribution is 6.30. The van der Waals surface area contributed by atoms with E-state index in [-0.39, 0.29) is 0 Å². The summed E-state index contributed by atoms with van der Waals surface area (Å²) < 4.78 is 0. The maximum Gasteiger partial charge on any atom is 0.0507 e. The average molecular weight is 244 g/mol. The van der Waals surface area contributed by atoms with Crippen LogP contribution in [0.3, 0.4) is 0 Å². The second kappa shape index (κ2) is 4.15. The summed E-state index contributed by atoms with van der Waals surface area (Å²) in [6, 6.07) is 10.4. The Morgan fingerprint density at radius 3 is 2.88 bits per heavy atom. The van der Waals surface area contributed by atoms with Crippen molar-refractivity contribution in [3.63, 3.8) is 0 Å². The molecule has 0 amide bonds. The summed E-state index contributed by atoms with van der Waals surface area (Å²) in [6.07, 6.45) is 4.00. The zero-order chi connectivity index (χ0) is 11.8. The van der Waals surface area contributed by atoms with Crippen molar-refractivity contribution >= 4 is 11.6 Å². The Morgan fingerprint density at radius 2 is 2.00 bits per heavy atom. The largest absolute Gasteiger partial charge is 0.260 e. The van der Waals surface area contributed by atoms with Gasteiger partial charge in [0.25, 0.3) is 0 Å². The minimum Gasteiger partial charge on any atom is -0.260 e. The standard InChI is InChI=1S/C15H14ClN/c1-10-14-7-6-13(16)9-12(14)5-4-11-3-2-8-17-15(10)11/h2-3,6-10H,4-5H2,1H3. The van der Waals surface area contributed by atoms with Crippen molar-refractivity contribution in [2.24, 2.45) is 0 Å². The van der Waals surface area contributed by atoms with Crippen molar-refractivity contribution < 1.29 is 0 Å². The van der Waals surface area contributed by atoms with Crippen molar-refractivity contribution in [2.75, 3.05) is 0 Å². The number of hydrogen-bond donors (Lipinski definition) is 0. The fourth-order valence-electron chi connectivity index (χ4n) is 2.68. The molecule has 0 saturated carbocycles.